The molecular weight excluding hydrogens is 200 g/mol. The van der Waals surface area contributed by atoms with Crippen molar-refractivity contribution < 1.29 is 5.11 Å². The summed E-state index contributed by atoms with van der Waals surface area (Å²) in [4.78, 5) is 2.64. The van der Waals surface area contributed by atoms with Gasteiger partial charge in [-0.2, -0.15) is 0 Å². The van der Waals surface area contributed by atoms with Crippen LogP contribution in [-0.4, -0.2) is 48.8 Å². The summed E-state index contributed by atoms with van der Waals surface area (Å²) in [5.41, 5.74) is 0. The molecule has 0 bridgehead atoms. The molecule has 96 valence electrons. The van der Waals surface area contributed by atoms with E-state index >= 15 is 0 Å². The van der Waals surface area contributed by atoms with E-state index in [1.54, 1.807) is 0 Å². The van der Waals surface area contributed by atoms with E-state index in [-0.39, 0.29) is 0 Å². The number of unbranched alkanes of at least 4 members (excludes halogenated alkanes) is 2. The van der Waals surface area contributed by atoms with Crippen molar-refractivity contribution in [2.24, 2.45) is 0 Å². The predicted octanol–water partition coefficient (Wildman–Crippen LogP) is 1.61. The average molecular weight is 228 g/mol. The van der Waals surface area contributed by atoms with E-state index in [1.165, 1.54) is 45.2 Å². The molecule has 1 heterocycles. The Bertz CT molecular complexity index is 164. The minimum absolute atomic E-state index is 0.348. The van der Waals surface area contributed by atoms with Crippen molar-refractivity contribution in [1.82, 2.24) is 10.2 Å². The molecule has 1 unspecified atom stereocenters. The predicted molar refractivity (Wildman–Crippen MR) is 68.7 cm³/mol. The normalized spacial score (nSPS) is 22.5. The van der Waals surface area contributed by atoms with Crippen LogP contribution in [0.2, 0.25) is 0 Å². The van der Waals surface area contributed by atoms with Crippen LogP contribution in [0.1, 0.15) is 45.4 Å². The third-order valence-corrected chi connectivity index (χ3v) is 3.48. The Morgan fingerprint density at radius 3 is 2.88 bits per heavy atom. The lowest BCUT2D eigenvalue weighted by molar-refractivity contribution is 0.142. The van der Waals surface area contributed by atoms with Gasteiger partial charge in [0, 0.05) is 19.2 Å². The second kappa shape index (κ2) is 8.97. The highest BCUT2D eigenvalue weighted by atomic mass is 16.2. The van der Waals surface area contributed by atoms with Crippen LogP contribution in [0.15, 0.2) is 0 Å². The molecule has 16 heavy (non-hydrogen) atoms. The SMILES string of the molecule is CCNCC1CCCCN1CCCCCO. The fraction of sp³-hybridized carbons (Fsp3) is 1.00. The van der Waals surface area contributed by atoms with Gasteiger partial charge in [-0.1, -0.05) is 13.3 Å². The van der Waals surface area contributed by atoms with Crippen molar-refractivity contribution in [2.45, 2.75) is 51.5 Å². The number of likely N-dealkylation sites (tertiary alicyclic amines) is 1. The van der Waals surface area contributed by atoms with Crippen LogP contribution in [-0.2, 0) is 0 Å². The number of piperidine rings is 1. The highest BCUT2D eigenvalue weighted by molar-refractivity contribution is 4.78. The fourth-order valence-electron chi connectivity index (χ4n) is 2.50. The van der Waals surface area contributed by atoms with Crippen molar-refractivity contribution in [3.63, 3.8) is 0 Å². The number of nitrogens with zero attached hydrogens (tertiary/aromatic N) is 1. The van der Waals surface area contributed by atoms with Gasteiger partial charge in [0.15, 0.2) is 0 Å². The summed E-state index contributed by atoms with van der Waals surface area (Å²) in [7, 11) is 0. The quantitative estimate of drug-likeness (QED) is 0.620. The summed E-state index contributed by atoms with van der Waals surface area (Å²) in [6, 6.07) is 0.753. The maximum atomic E-state index is 8.75. The van der Waals surface area contributed by atoms with E-state index in [0.717, 1.165) is 25.6 Å². The van der Waals surface area contributed by atoms with Gasteiger partial charge in [0.1, 0.15) is 0 Å². The maximum Gasteiger partial charge on any atom is 0.0431 e. The van der Waals surface area contributed by atoms with Gasteiger partial charge in [-0.15, -0.1) is 0 Å². The summed E-state index contributed by atoms with van der Waals surface area (Å²) in [6.45, 7) is 7.24. The van der Waals surface area contributed by atoms with Crippen molar-refractivity contribution in [3.8, 4) is 0 Å². The molecule has 0 amide bonds. The van der Waals surface area contributed by atoms with E-state index in [9.17, 15) is 0 Å². The first-order valence-corrected chi connectivity index (χ1v) is 6.94. The molecule has 0 spiro atoms. The average Bonchev–Trinajstić information content (AvgIpc) is 2.33. The number of aliphatic hydroxyl groups is 1. The van der Waals surface area contributed by atoms with Crippen LogP contribution in [0, 0.1) is 0 Å². The monoisotopic (exact) mass is 228 g/mol. The molecule has 0 aromatic heterocycles. The molecule has 1 aliphatic heterocycles. The Morgan fingerprint density at radius 2 is 2.12 bits per heavy atom. The smallest absolute Gasteiger partial charge is 0.0431 e. The lowest BCUT2D eigenvalue weighted by Crippen LogP contribution is -2.45. The van der Waals surface area contributed by atoms with Crippen LogP contribution in [0.5, 0.6) is 0 Å². The largest absolute Gasteiger partial charge is 0.396 e. The van der Waals surface area contributed by atoms with Gasteiger partial charge in [-0.05, 0) is 51.7 Å². The molecule has 3 heteroatoms. The molecular formula is C13H28N2O. The van der Waals surface area contributed by atoms with Crippen molar-refractivity contribution >= 4 is 0 Å². The molecule has 1 aliphatic rings. The zero-order valence-electron chi connectivity index (χ0n) is 10.7. The molecule has 3 nitrogen and oxygen atoms in total. The second-order valence-corrected chi connectivity index (χ2v) is 4.78. The van der Waals surface area contributed by atoms with Gasteiger partial charge in [0.25, 0.3) is 0 Å². The molecule has 0 saturated carbocycles. The van der Waals surface area contributed by atoms with Crippen LogP contribution < -0.4 is 5.32 Å². The topological polar surface area (TPSA) is 35.5 Å². The minimum atomic E-state index is 0.348. The van der Waals surface area contributed by atoms with Gasteiger partial charge < -0.3 is 10.4 Å². The molecule has 1 fully saturated rings. The Morgan fingerprint density at radius 1 is 1.25 bits per heavy atom. The van der Waals surface area contributed by atoms with Gasteiger partial charge in [-0.3, -0.25) is 4.90 Å². The summed E-state index contributed by atoms with van der Waals surface area (Å²) in [5.74, 6) is 0. The van der Waals surface area contributed by atoms with Crippen molar-refractivity contribution in [2.75, 3.05) is 32.8 Å². The van der Waals surface area contributed by atoms with Crippen LogP contribution >= 0.6 is 0 Å². The van der Waals surface area contributed by atoms with E-state index < -0.39 is 0 Å². The molecule has 0 aromatic carbocycles. The second-order valence-electron chi connectivity index (χ2n) is 4.78. The third-order valence-electron chi connectivity index (χ3n) is 3.48. The van der Waals surface area contributed by atoms with Crippen LogP contribution in [0.4, 0.5) is 0 Å². The minimum Gasteiger partial charge on any atom is -0.396 e. The maximum absolute atomic E-state index is 8.75. The lowest BCUT2D eigenvalue weighted by atomic mass is 10.0. The zero-order valence-corrected chi connectivity index (χ0v) is 10.7. The lowest BCUT2D eigenvalue weighted by Gasteiger charge is -2.36. The summed E-state index contributed by atoms with van der Waals surface area (Å²) in [5, 5.41) is 12.2. The molecule has 1 atom stereocenters. The Kier molecular flexibility index (Phi) is 7.81. The number of aliphatic hydroxyl groups excluding tert-OH is 1. The van der Waals surface area contributed by atoms with Crippen LogP contribution in [0.3, 0.4) is 0 Å². The number of nitrogens with one attached hydrogen (secondary N) is 1. The van der Waals surface area contributed by atoms with Gasteiger partial charge >= 0.3 is 0 Å². The van der Waals surface area contributed by atoms with E-state index in [2.05, 4.69) is 17.1 Å². The first-order valence-electron chi connectivity index (χ1n) is 6.94. The van der Waals surface area contributed by atoms with Gasteiger partial charge in [-0.25, -0.2) is 0 Å². The Balaban J connectivity index is 2.18. The molecule has 1 saturated heterocycles. The Labute approximate surface area is 100 Å². The molecule has 0 aromatic rings. The van der Waals surface area contributed by atoms with E-state index in [0.29, 0.717) is 6.61 Å². The first-order chi connectivity index (χ1) is 7.88. The molecule has 0 radical (unpaired) electrons. The number of likely N-dealkylation sites (N-methyl/N-ethyl adjacent to an activating group) is 1. The summed E-state index contributed by atoms with van der Waals surface area (Å²) < 4.78 is 0. The fourth-order valence-corrected chi connectivity index (χ4v) is 2.50. The van der Waals surface area contributed by atoms with Crippen molar-refractivity contribution in [3.05, 3.63) is 0 Å². The highest BCUT2D eigenvalue weighted by Crippen LogP contribution is 2.17. The molecule has 1 rings (SSSR count). The third kappa shape index (κ3) is 5.28. The highest BCUT2D eigenvalue weighted by Gasteiger charge is 2.20. The summed E-state index contributed by atoms with van der Waals surface area (Å²) >= 11 is 0. The molecule has 2 N–H and O–H groups in total. The summed E-state index contributed by atoms with van der Waals surface area (Å²) in [6.07, 6.45) is 7.48. The van der Waals surface area contributed by atoms with E-state index in [4.69, 9.17) is 5.11 Å². The standard InChI is InChI=1S/C13H28N2O/c1-2-14-12-13-8-4-6-10-15(13)9-5-3-7-11-16/h13-14,16H,2-12H2,1H3. The van der Waals surface area contributed by atoms with E-state index in [1.807, 2.05) is 0 Å². The zero-order chi connectivity index (χ0) is 11.6. The van der Waals surface area contributed by atoms with Crippen LogP contribution in [0.25, 0.3) is 0 Å². The van der Waals surface area contributed by atoms with Crippen molar-refractivity contribution in [1.29, 1.82) is 0 Å². The van der Waals surface area contributed by atoms with Gasteiger partial charge in [0.05, 0.1) is 0 Å². The number of hydrogen-bond donors (Lipinski definition) is 2. The number of rotatable bonds is 8. The number of hydrogen-bond acceptors (Lipinski definition) is 3. The first kappa shape index (κ1) is 13.9. The Hall–Kier alpha value is -0.120. The molecule has 0 aliphatic carbocycles. The van der Waals surface area contributed by atoms with Gasteiger partial charge in [0.2, 0.25) is 0 Å².